The number of aromatic nitrogens is 2. The summed E-state index contributed by atoms with van der Waals surface area (Å²) in [6.45, 7) is 0. The molecule has 8 N–H and O–H groups in total. The Morgan fingerprint density at radius 1 is 1.42 bits per heavy atom. The lowest BCUT2D eigenvalue weighted by atomic mass is 10.5. The van der Waals surface area contributed by atoms with Crippen molar-refractivity contribution in [1.29, 1.82) is 0 Å². The first kappa shape index (κ1) is 13.1. The average molecular weight is 197 g/mol. The van der Waals surface area contributed by atoms with E-state index >= 15 is 0 Å². The minimum absolute atomic E-state index is 0. The fourth-order valence-electron chi connectivity index (χ4n) is 0.487. The van der Waals surface area contributed by atoms with Gasteiger partial charge in [-0.25, -0.2) is 0 Å². The van der Waals surface area contributed by atoms with Crippen molar-refractivity contribution in [2.75, 3.05) is 11.5 Å². The van der Waals surface area contributed by atoms with E-state index in [1.54, 1.807) is 0 Å². The van der Waals surface area contributed by atoms with E-state index in [2.05, 4.69) is 9.97 Å². The van der Waals surface area contributed by atoms with Gasteiger partial charge in [-0.05, 0) is 0 Å². The van der Waals surface area contributed by atoms with E-state index < -0.39 is 11.4 Å². The Morgan fingerprint density at radius 2 is 1.92 bits per heavy atom. The van der Waals surface area contributed by atoms with Crippen LogP contribution in [0.4, 0.5) is 11.6 Å². The quantitative estimate of drug-likeness (QED) is 0.388. The number of nitrogen functional groups attached to an aromatic ring is 2. The van der Waals surface area contributed by atoms with Crippen LogP contribution in [0.1, 0.15) is 0 Å². The Balaban J connectivity index is 0. The first-order valence-corrected chi connectivity index (χ1v) is 2.45. The van der Waals surface area contributed by atoms with E-state index in [9.17, 15) is 4.79 Å². The lowest BCUT2D eigenvalue weighted by molar-refractivity contribution is 0.455. The van der Waals surface area contributed by atoms with Crippen LogP contribution in [-0.4, -0.2) is 20.6 Å². The van der Waals surface area contributed by atoms with Gasteiger partial charge in [-0.1, -0.05) is 0 Å². The van der Waals surface area contributed by atoms with Crippen LogP contribution in [0, 0.1) is 0 Å². The SMILES string of the molecule is Cl.Nc1nc(O)c(N)c(=O)[nH]1.O. The summed E-state index contributed by atoms with van der Waals surface area (Å²) in [6.07, 6.45) is 0. The zero-order valence-electron chi connectivity index (χ0n) is 5.87. The maximum atomic E-state index is 10.6. The number of nitrogens with one attached hydrogen (secondary N) is 1. The summed E-state index contributed by atoms with van der Waals surface area (Å²) in [4.78, 5) is 16.0. The predicted octanol–water partition coefficient (Wildman–Crippen LogP) is -1.76. The van der Waals surface area contributed by atoms with Gasteiger partial charge in [0.15, 0.2) is 5.69 Å². The number of nitrogens with two attached hydrogens (primary N) is 2. The average Bonchev–Trinajstić information content (AvgIpc) is 1.82. The van der Waals surface area contributed by atoms with Gasteiger partial charge < -0.3 is 22.1 Å². The monoisotopic (exact) mass is 196 g/mol. The van der Waals surface area contributed by atoms with Crippen LogP contribution in [0.15, 0.2) is 4.79 Å². The van der Waals surface area contributed by atoms with Crippen molar-refractivity contribution in [3.63, 3.8) is 0 Å². The lowest BCUT2D eigenvalue weighted by Gasteiger charge is -1.95. The highest BCUT2D eigenvalue weighted by Crippen LogP contribution is 2.08. The third-order valence-corrected chi connectivity index (χ3v) is 0.953. The molecule has 0 aromatic carbocycles. The van der Waals surface area contributed by atoms with Crippen molar-refractivity contribution in [2.45, 2.75) is 0 Å². The Hall–Kier alpha value is -1.47. The highest BCUT2D eigenvalue weighted by molar-refractivity contribution is 5.85. The molecule has 70 valence electrons. The van der Waals surface area contributed by atoms with Crippen molar-refractivity contribution in [2.24, 2.45) is 0 Å². The van der Waals surface area contributed by atoms with Gasteiger partial charge in [0.25, 0.3) is 5.56 Å². The zero-order chi connectivity index (χ0) is 7.72. The smallest absolute Gasteiger partial charge is 0.279 e. The van der Waals surface area contributed by atoms with Crippen LogP contribution in [0.3, 0.4) is 0 Å². The van der Waals surface area contributed by atoms with Crippen LogP contribution >= 0.6 is 12.4 Å². The maximum absolute atomic E-state index is 10.6. The highest BCUT2D eigenvalue weighted by atomic mass is 35.5. The molecule has 0 amide bonds. The molecule has 1 aromatic heterocycles. The molecule has 0 fully saturated rings. The van der Waals surface area contributed by atoms with Gasteiger partial charge in [0.2, 0.25) is 11.8 Å². The minimum Gasteiger partial charge on any atom is -0.492 e. The summed E-state index contributed by atoms with van der Waals surface area (Å²) in [7, 11) is 0. The molecule has 0 atom stereocenters. The Kier molecular flexibility index (Phi) is 4.84. The number of aromatic hydroxyl groups is 1. The number of rotatable bonds is 0. The number of anilines is 2. The molecule has 0 aliphatic rings. The molecule has 7 nitrogen and oxygen atoms in total. The Labute approximate surface area is 73.1 Å². The zero-order valence-corrected chi connectivity index (χ0v) is 6.68. The summed E-state index contributed by atoms with van der Waals surface area (Å²) >= 11 is 0. The lowest BCUT2D eigenvalue weighted by Crippen LogP contribution is -2.14. The van der Waals surface area contributed by atoms with Crippen molar-refractivity contribution >= 4 is 24.0 Å². The van der Waals surface area contributed by atoms with E-state index in [0.717, 1.165) is 0 Å². The third kappa shape index (κ3) is 2.29. The predicted molar refractivity (Wildman–Crippen MR) is 46.2 cm³/mol. The number of hydrogen-bond donors (Lipinski definition) is 4. The van der Waals surface area contributed by atoms with E-state index in [1.807, 2.05) is 0 Å². The topological polar surface area (TPSA) is 150 Å². The molecular weight excluding hydrogens is 188 g/mol. The van der Waals surface area contributed by atoms with E-state index in [-0.39, 0.29) is 29.5 Å². The normalized spacial score (nSPS) is 8.00. The highest BCUT2D eigenvalue weighted by Gasteiger charge is 2.02. The van der Waals surface area contributed by atoms with Gasteiger partial charge >= 0.3 is 0 Å². The number of nitrogens with zero attached hydrogens (tertiary/aromatic N) is 1. The largest absolute Gasteiger partial charge is 0.492 e. The van der Waals surface area contributed by atoms with Gasteiger partial charge in [0.1, 0.15) is 0 Å². The standard InChI is InChI=1S/C4H6N4O2.ClH.H2O/c5-1-2(9)7-4(6)8-3(1)10;;/h5H2,(H4,6,7,8,9,10);1H;1H2. The van der Waals surface area contributed by atoms with Crippen molar-refractivity contribution < 1.29 is 10.6 Å². The van der Waals surface area contributed by atoms with Crippen LogP contribution in [0.25, 0.3) is 0 Å². The molecule has 1 heterocycles. The van der Waals surface area contributed by atoms with Crippen molar-refractivity contribution in [1.82, 2.24) is 9.97 Å². The second-order valence-electron chi connectivity index (χ2n) is 1.69. The summed E-state index contributed by atoms with van der Waals surface area (Å²) in [6, 6.07) is 0. The molecule has 0 unspecified atom stereocenters. The summed E-state index contributed by atoms with van der Waals surface area (Å²) in [5.74, 6) is -0.696. The number of halogens is 1. The summed E-state index contributed by atoms with van der Waals surface area (Å²) < 4.78 is 0. The van der Waals surface area contributed by atoms with E-state index in [1.165, 1.54) is 0 Å². The van der Waals surface area contributed by atoms with Crippen LogP contribution in [0.5, 0.6) is 5.88 Å². The molecule has 0 saturated carbocycles. The molecule has 0 saturated heterocycles. The van der Waals surface area contributed by atoms with Crippen molar-refractivity contribution in [3.8, 4) is 5.88 Å². The molecule has 0 aliphatic carbocycles. The molecule has 0 aliphatic heterocycles. The first-order chi connectivity index (χ1) is 4.61. The van der Waals surface area contributed by atoms with Gasteiger partial charge in [0.05, 0.1) is 0 Å². The van der Waals surface area contributed by atoms with Crippen LogP contribution in [-0.2, 0) is 0 Å². The number of aromatic amines is 1. The Bertz CT molecular complexity index is 312. The molecule has 1 rings (SSSR count). The van der Waals surface area contributed by atoms with E-state index in [4.69, 9.17) is 16.6 Å². The maximum Gasteiger partial charge on any atom is 0.279 e. The number of hydrogen-bond acceptors (Lipinski definition) is 5. The fourth-order valence-corrected chi connectivity index (χ4v) is 0.487. The molecule has 0 spiro atoms. The van der Waals surface area contributed by atoms with Crippen LogP contribution in [0.2, 0.25) is 0 Å². The molecule has 12 heavy (non-hydrogen) atoms. The molecule has 0 bridgehead atoms. The van der Waals surface area contributed by atoms with Gasteiger partial charge in [-0.15, -0.1) is 12.4 Å². The Morgan fingerprint density at radius 3 is 2.33 bits per heavy atom. The third-order valence-electron chi connectivity index (χ3n) is 0.953. The minimum atomic E-state index is -0.634. The molecular formula is C4H9ClN4O3. The van der Waals surface area contributed by atoms with Gasteiger partial charge in [-0.2, -0.15) is 4.98 Å². The summed E-state index contributed by atoms with van der Waals surface area (Å²) in [5.41, 5.74) is 9.13. The second-order valence-corrected chi connectivity index (χ2v) is 1.69. The fraction of sp³-hybridized carbons (Fsp3) is 0. The first-order valence-electron chi connectivity index (χ1n) is 2.45. The van der Waals surface area contributed by atoms with Gasteiger partial charge in [-0.3, -0.25) is 9.78 Å². The molecule has 1 aromatic rings. The summed E-state index contributed by atoms with van der Waals surface area (Å²) in [5, 5.41) is 8.74. The van der Waals surface area contributed by atoms with Gasteiger partial charge in [0, 0.05) is 0 Å². The van der Waals surface area contributed by atoms with E-state index in [0.29, 0.717) is 0 Å². The van der Waals surface area contributed by atoms with Crippen LogP contribution < -0.4 is 17.0 Å². The molecule has 0 radical (unpaired) electrons. The number of H-pyrrole nitrogens is 1. The molecule has 8 heteroatoms. The second kappa shape index (κ2) is 4.42. The van der Waals surface area contributed by atoms with Crippen molar-refractivity contribution in [3.05, 3.63) is 10.4 Å².